The van der Waals surface area contributed by atoms with Crippen LogP contribution in [0.1, 0.15) is 11.1 Å². The van der Waals surface area contributed by atoms with Gasteiger partial charge in [-0.1, -0.05) is 47.5 Å². The lowest BCUT2D eigenvalue weighted by Gasteiger charge is -2.10. The normalized spacial score (nSPS) is 10.6. The van der Waals surface area contributed by atoms with Crippen LogP contribution in [0.15, 0.2) is 48.5 Å². The maximum Gasteiger partial charge on any atom is 0.243 e. The van der Waals surface area contributed by atoms with Crippen molar-refractivity contribution in [1.29, 1.82) is 0 Å². The van der Waals surface area contributed by atoms with Gasteiger partial charge in [0, 0.05) is 23.1 Å². The van der Waals surface area contributed by atoms with Crippen molar-refractivity contribution in [3.8, 4) is 0 Å². The Morgan fingerprint density at radius 2 is 1.00 bits per heavy atom. The molecule has 0 atom stereocenters. The molecule has 0 aliphatic heterocycles. The van der Waals surface area contributed by atoms with E-state index in [4.69, 9.17) is 34.8 Å². The number of nitrogens with zero attached hydrogens (tertiary/aromatic N) is 3. The van der Waals surface area contributed by atoms with Crippen LogP contribution in [-0.4, -0.2) is 15.0 Å². The first-order valence-corrected chi connectivity index (χ1v) is 9.10. The van der Waals surface area contributed by atoms with Crippen molar-refractivity contribution < 1.29 is 0 Å². The van der Waals surface area contributed by atoms with Crippen LogP contribution in [0.2, 0.25) is 15.3 Å². The second-order valence-electron chi connectivity index (χ2n) is 5.46. The number of anilines is 2. The standard InChI is InChI=1S/C17H16Cl3N7/c18-13-5-1-11(2-6-13)9-21-26-16-23-15(20)24-17(25-16)27-22-10-12-3-7-14(19)8-4-12/h1-8,21-22H,9-10H2,(H2,23,24,25,26,27). The van der Waals surface area contributed by atoms with Crippen LogP contribution in [-0.2, 0) is 13.1 Å². The SMILES string of the molecule is Clc1ccc(CNNc2nc(Cl)nc(NNCc3ccc(Cl)cc3)n2)cc1. The Kier molecular flexibility index (Phi) is 7.03. The van der Waals surface area contributed by atoms with E-state index in [0.29, 0.717) is 35.0 Å². The van der Waals surface area contributed by atoms with Crippen LogP contribution in [0.25, 0.3) is 0 Å². The predicted molar refractivity (Wildman–Crippen MR) is 109 cm³/mol. The fourth-order valence-electron chi connectivity index (χ4n) is 2.12. The molecule has 3 rings (SSSR count). The van der Waals surface area contributed by atoms with Gasteiger partial charge in [-0.25, -0.2) is 10.9 Å². The Balaban J connectivity index is 1.50. The predicted octanol–water partition coefficient (Wildman–Crippen LogP) is 4.07. The zero-order valence-corrected chi connectivity index (χ0v) is 16.3. The van der Waals surface area contributed by atoms with Gasteiger partial charge in [0.1, 0.15) is 0 Å². The quantitative estimate of drug-likeness (QED) is 0.406. The Morgan fingerprint density at radius 3 is 1.41 bits per heavy atom. The summed E-state index contributed by atoms with van der Waals surface area (Å²) in [6.07, 6.45) is 0. The Morgan fingerprint density at radius 1 is 0.593 bits per heavy atom. The van der Waals surface area contributed by atoms with Crippen LogP contribution in [0, 0.1) is 0 Å². The van der Waals surface area contributed by atoms with E-state index in [1.54, 1.807) is 0 Å². The molecule has 27 heavy (non-hydrogen) atoms. The summed E-state index contributed by atoms with van der Waals surface area (Å²) >= 11 is 17.7. The molecule has 0 spiro atoms. The fourth-order valence-corrected chi connectivity index (χ4v) is 2.53. The van der Waals surface area contributed by atoms with Crippen molar-refractivity contribution in [3.05, 3.63) is 75.0 Å². The minimum absolute atomic E-state index is 0.0663. The number of halogens is 3. The van der Waals surface area contributed by atoms with E-state index >= 15 is 0 Å². The average molecular weight is 425 g/mol. The Labute approximate surface area is 171 Å². The molecule has 0 aliphatic carbocycles. The van der Waals surface area contributed by atoms with Gasteiger partial charge in [-0.05, 0) is 47.0 Å². The van der Waals surface area contributed by atoms with Gasteiger partial charge in [-0.2, -0.15) is 15.0 Å². The minimum Gasteiger partial charge on any atom is -0.289 e. The first-order chi connectivity index (χ1) is 13.1. The lowest BCUT2D eigenvalue weighted by Crippen LogP contribution is -2.25. The van der Waals surface area contributed by atoms with E-state index in [0.717, 1.165) is 11.1 Å². The number of hydrogen-bond acceptors (Lipinski definition) is 7. The highest BCUT2D eigenvalue weighted by molar-refractivity contribution is 6.30. The maximum atomic E-state index is 5.95. The van der Waals surface area contributed by atoms with Crippen LogP contribution >= 0.6 is 34.8 Å². The molecule has 4 N–H and O–H groups in total. The third-order valence-electron chi connectivity index (χ3n) is 3.42. The molecule has 1 aromatic heterocycles. The first kappa shape index (κ1) is 19.6. The smallest absolute Gasteiger partial charge is 0.243 e. The maximum absolute atomic E-state index is 5.95. The van der Waals surface area contributed by atoms with E-state index in [-0.39, 0.29) is 5.28 Å². The lowest BCUT2D eigenvalue weighted by molar-refractivity contribution is 0.766. The van der Waals surface area contributed by atoms with Crippen molar-refractivity contribution in [2.45, 2.75) is 13.1 Å². The molecule has 0 saturated carbocycles. The zero-order valence-electron chi connectivity index (χ0n) is 14.0. The molecule has 0 aliphatic rings. The van der Waals surface area contributed by atoms with Crippen molar-refractivity contribution in [2.75, 3.05) is 10.9 Å². The van der Waals surface area contributed by atoms with Gasteiger partial charge in [-0.15, -0.1) is 0 Å². The monoisotopic (exact) mass is 423 g/mol. The number of rotatable bonds is 8. The highest BCUT2D eigenvalue weighted by atomic mass is 35.5. The van der Waals surface area contributed by atoms with Crippen LogP contribution in [0.5, 0.6) is 0 Å². The van der Waals surface area contributed by atoms with Crippen molar-refractivity contribution in [1.82, 2.24) is 25.8 Å². The summed E-state index contributed by atoms with van der Waals surface area (Å²) in [6, 6.07) is 15.0. The number of benzene rings is 2. The topological polar surface area (TPSA) is 86.8 Å². The van der Waals surface area contributed by atoms with E-state index < -0.39 is 0 Å². The number of hydrogen-bond donors (Lipinski definition) is 4. The highest BCUT2D eigenvalue weighted by Crippen LogP contribution is 2.11. The molecule has 10 heteroatoms. The number of aromatic nitrogens is 3. The Hall–Kier alpha value is -2.16. The summed E-state index contributed by atoms with van der Waals surface area (Å²) in [6.45, 7) is 1.11. The van der Waals surface area contributed by atoms with Gasteiger partial charge in [0.05, 0.1) is 0 Å². The van der Waals surface area contributed by atoms with E-state index in [9.17, 15) is 0 Å². The molecular weight excluding hydrogens is 409 g/mol. The Bertz CT molecular complexity index is 803. The van der Waals surface area contributed by atoms with Crippen LogP contribution in [0.4, 0.5) is 11.9 Å². The van der Waals surface area contributed by atoms with E-state index in [2.05, 4.69) is 36.7 Å². The molecule has 0 unspecified atom stereocenters. The zero-order chi connectivity index (χ0) is 19.1. The van der Waals surface area contributed by atoms with Gasteiger partial charge < -0.3 is 0 Å². The second-order valence-corrected chi connectivity index (χ2v) is 6.67. The van der Waals surface area contributed by atoms with Gasteiger partial charge in [0.25, 0.3) is 0 Å². The van der Waals surface area contributed by atoms with Crippen LogP contribution in [0.3, 0.4) is 0 Å². The number of hydrazine groups is 2. The molecule has 0 amide bonds. The molecule has 0 bridgehead atoms. The van der Waals surface area contributed by atoms with Crippen molar-refractivity contribution in [2.24, 2.45) is 0 Å². The molecule has 0 saturated heterocycles. The lowest BCUT2D eigenvalue weighted by atomic mass is 10.2. The van der Waals surface area contributed by atoms with E-state index in [1.165, 1.54) is 0 Å². The summed E-state index contributed by atoms with van der Waals surface area (Å²) in [4.78, 5) is 12.3. The second kappa shape index (κ2) is 9.68. The molecule has 0 fully saturated rings. The molecule has 0 radical (unpaired) electrons. The van der Waals surface area contributed by atoms with Crippen LogP contribution < -0.4 is 21.7 Å². The minimum atomic E-state index is 0.0663. The summed E-state index contributed by atoms with van der Waals surface area (Å²) in [5, 5.41) is 1.45. The molecule has 3 aromatic rings. The average Bonchev–Trinajstić information content (AvgIpc) is 2.65. The first-order valence-electron chi connectivity index (χ1n) is 7.97. The summed E-state index contributed by atoms with van der Waals surface area (Å²) < 4.78 is 0. The third kappa shape index (κ3) is 6.50. The molecule has 2 aromatic carbocycles. The molecule has 1 heterocycles. The molecule has 7 nitrogen and oxygen atoms in total. The van der Waals surface area contributed by atoms with Gasteiger partial charge in [0.15, 0.2) is 0 Å². The summed E-state index contributed by atoms with van der Waals surface area (Å²) in [5.74, 6) is 0.583. The number of nitrogens with one attached hydrogen (secondary N) is 4. The molecular formula is C17H16Cl3N7. The summed E-state index contributed by atoms with van der Waals surface area (Å²) in [7, 11) is 0. The van der Waals surface area contributed by atoms with Crippen molar-refractivity contribution >= 4 is 46.7 Å². The van der Waals surface area contributed by atoms with Gasteiger partial charge >= 0.3 is 0 Å². The largest absolute Gasteiger partial charge is 0.289 e. The molecule has 140 valence electrons. The third-order valence-corrected chi connectivity index (χ3v) is 4.09. The van der Waals surface area contributed by atoms with Gasteiger partial charge in [-0.3, -0.25) is 10.9 Å². The highest BCUT2D eigenvalue weighted by Gasteiger charge is 2.04. The van der Waals surface area contributed by atoms with Gasteiger partial charge in [0.2, 0.25) is 17.2 Å². The van der Waals surface area contributed by atoms with E-state index in [1.807, 2.05) is 48.5 Å². The summed E-state index contributed by atoms with van der Waals surface area (Å²) in [5.41, 5.74) is 13.9. The van der Waals surface area contributed by atoms with Crippen molar-refractivity contribution in [3.63, 3.8) is 0 Å². The fraction of sp³-hybridized carbons (Fsp3) is 0.118.